The van der Waals surface area contributed by atoms with Crippen LogP contribution in [-0.2, 0) is 14.8 Å². The summed E-state index contributed by atoms with van der Waals surface area (Å²) >= 11 is 2.97. The summed E-state index contributed by atoms with van der Waals surface area (Å²) in [6.07, 6.45) is 1.44. The first-order chi connectivity index (χ1) is 9.69. The van der Waals surface area contributed by atoms with Crippen molar-refractivity contribution >= 4 is 31.9 Å². The number of sulfonamides is 1. The van der Waals surface area contributed by atoms with Crippen molar-refractivity contribution in [2.75, 3.05) is 20.2 Å². The molecule has 1 N–H and O–H groups in total. The predicted molar refractivity (Wildman–Crippen MR) is 76.8 cm³/mol. The quantitative estimate of drug-likeness (QED) is 0.855. The Morgan fingerprint density at radius 1 is 1.57 bits per heavy atom. The highest BCUT2D eigenvalue weighted by Crippen LogP contribution is 2.33. The zero-order valence-electron chi connectivity index (χ0n) is 11.6. The van der Waals surface area contributed by atoms with E-state index in [1.807, 2.05) is 6.92 Å². The maximum absolute atomic E-state index is 12.6. The molecule has 1 aromatic rings. The van der Waals surface area contributed by atoms with Crippen LogP contribution in [0.3, 0.4) is 0 Å². The second-order valence-electron chi connectivity index (χ2n) is 5.15. The Morgan fingerprint density at radius 2 is 2.24 bits per heavy atom. The van der Waals surface area contributed by atoms with Gasteiger partial charge in [-0.05, 0) is 35.7 Å². The Bertz CT molecular complexity index is 655. The van der Waals surface area contributed by atoms with E-state index in [0.29, 0.717) is 13.0 Å². The van der Waals surface area contributed by atoms with Crippen molar-refractivity contribution in [1.29, 1.82) is 0 Å². The zero-order valence-corrected chi connectivity index (χ0v) is 14.0. The second-order valence-corrected chi connectivity index (χ2v) is 7.78. The van der Waals surface area contributed by atoms with Crippen LogP contribution >= 0.6 is 15.9 Å². The van der Waals surface area contributed by atoms with Crippen molar-refractivity contribution in [3.05, 3.63) is 16.5 Å². The zero-order chi connectivity index (χ0) is 15.8. The monoisotopic (exact) mass is 381 g/mol. The molecule has 0 radical (unpaired) electrons. The Morgan fingerprint density at radius 3 is 2.76 bits per heavy atom. The lowest BCUT2D eigenvalue weighted by Gasteiger charge is -2.38. The lowest BCUT2D eigenvalue weighted by Crippen LogP contribution is -2.49. The van der Waals surface area contributed by atoms with Crippen molar-refractivity contribution in [2.24, 2.45) is 0 Å². The van der Waals surface area contributed by atoms with Crippen LogP contribution in [0.2, 0.25) is 0 Å². The molecule has 1 aliphatic rings. The first-order valence-corrected chi connectivity index (χ1v) is 8.51. The molecule has 1 unspecified atom stereocenters. The molecule has 0 spiro atoms. The SMILES string of the molecule is COC1(C)CCCN(S(=O)(=O)c2cc(C(=O)O)oc2Br)C1. The lowest BCUT2D eigenvalue weighted by atomic mass is 9.96. The number of piperidine rings is 1. The Labute approximate surface area is 131 Å². The number of aromatic carboxylic acids is 1. The summed E-state index contributed by atoms with van der Waals surface area (Å²) in [4.78, 5) is 10.7. The standard InChI is InChI=1S/C12H16BrNO6S/c1-12(19-2)4-3-5-14(7-12)21(17,18)9-6-8(11(15)16)20-10(9)13/h6H,3-5,7H2,1-2H3,(H,15,16). The fourth-order valence-electron chi connectivity index (χ4n) is 2.30. The number of hydrogen-bond donors (Lipinski definition) is 1. The van der Waals surface area contributed by atoms with Crippen LogP contribution in [0, 0.1) is 0 Å². The number of furan rings is 1. The molecule has 0 aromatic carbocycles. The molecule has 1 atom stereocenters. The molecule has 1 saturated heterocycles. The molecule has 9 heteroatoms. The topological polar surface area (TPSA) is 97.0 Å². The number of methoxy groups -OCH3 is 1. The van der Waals surface area contributed by atoms with Gasteiger partial charge in [-0.25, -0.2) is 13.2 Å². The van der Waals surface area contributed by atoms with Crippen LogP contribution in [0.4, 0.5) is 0 Å². The third-order valence-corrected chi connectivity index (χ3v) is 6.30. The number of halogens is 1. The van der Waals surface area contributed by atoms with Crippen LogP contribution in [0.25, 0.3) is 0 Å². The van der Waals surface area contributed by atoms with Gasteiger partial charge in [-0.15, -0.1) is 0 Å². The van der Waals surface area contributed by atoms with Gasteiger partial charge in [-0.1, -0.05) is 0 Å². The molecule has 2 rings (SSSR count). The summed E-state index contributed by atoms with van der Waals surface area (Å²) < 4.78 is 36.7. The van der Waals surface area contributed by atoms with Crippen molar-refractivity contribution in [3.8, 4) is 0 Å². The lowest BCUT2D eigenvalue weighted by molar-refractivity contribution is -0.0319. The van der Waals surface area contributed by atoms with E-state index in [-0.39, 0.29) is 16.1 Å². The maximum Gasteiger partial charge on any atom is 0.371 e. The summed E-state index contributed by atoms with van der Waals surface area (Å²) in [5, 5.41) is 8.88. The molecule has 1 aromatic heterocycles. The molecule has 0 aliphatic carbocycles. The third kappa shape index (κ3) is 3.15. The van der Waals surface area contributed by atoms with Crippen LogP contribution in [0.5, 0.6) is 0 Å². The summed E-state index contributed by atoms with van der Waals surface area (Å²) in [6.45, 7) is 2.43. The van der Waals surface area contributed by atoms with Crippen molar-refractivity contribution in [3.63, 3.8) is 0 Å². The molecule has 118 valence electrons. The molecule has 0 saturated carbocycles. The van der Waals surface area contributed by atoms with Gasteiger partial charge in [0.25, 0.3) is 0 Å². The average Bonchev–Trinajstić information content (AvgIpc) is 2.82. The number of carbonyl (C=O) groups is 1. The number of rotatable bonds is 4. The predicted octanol–water partition coefficient (Wildman–Crippen LogP) is 1.93. The minimum atomic E-state index is -3.84. The first-order valence-electron chi connectivity index (χ1n) is 6.27. The van der Waals surface area contributed by atoms with Crippen molar-refractivity contribution < 1.29 is 27.5 Å². The van der Waals surface area contributed by atoms with Crippen LogP contribution in [-0.4, -0.2) is 49.6 Å². The maximum atomic E-state index is 12.6. The third-order valence-electron chi connectivity index (χ3n) is 3.60. The van der Waals surface area contributed by atoms with E-state index in [1.165, 1.54) is 4.31 Å². The second kappa shape index (κ2) is 5.71. The highest BCUT2D eigenvalue weighted by molar-refractivity contribution is 9.10. The Balaban J connectivity index is 2.36. The van der Waals surface area contributed by atoms with Gasteiger partial charge in [-0.2, -0.15) is 4.31 Å². The van der Waals surface area contributed by atoms with E-state index < -0.39 is 27.4 Å². The van der Waals surface area contributed by atoms with Crippen LogP contribution < -0.4 is 0 Å². The minimum absolute atomic E-state index is 0.107. The average molecular weight is 382 g/mol. The van der Waals surface area contributed by atoms with Gasteiger partial charge in [0.1, 0.15) is 4.90 Å². The number of carboxylic acids is 1. The summed E-state index contributed by atoms with van der Waals surface area (Å²) in [6, 6.07) is 1.01. The fourth-order valence-corrected chi connectivity index (χ4v) is 4.80. The highest BCUT2D eigenvalue weighted by Gasteiger charge is 2.39. The van der Waals surface area contributed by atoms with Gasteiger partial charge in [0.05, 0.1) is 5.60 Å². The van der Waals surface area contributed by atoms with Gasteiger partial charge in [0.2, 0.25) is 15.8 Å². The summed E-state index contributed by atoms with van der Waals surface area (Å²) in [5.41, 5.74) is -0.544. The Hall–Kier alpha value is -0.900. The molecule has 2 heterocycles. The van der Waals surface area contributed by atoms with E-state index in [1.54, 1.807) is 7.11 Å². The summed E-state index contributed by atoms with van der Waals surface area (Å²) in [7, 11) is -2.29. The van der Waals surface area contributed by atoms with E-state index >= 15 is 0 Å². The molecular formula is C12H16BrNO6S. The van der Waals surface area contributed by atoms with E-state index in [0.717, 1.165) is 12.5 Å². The van der Waals surface area contributed by atoms with Crippen molar-refractivity contribution in [2.45, 2.75) is 30.3 Å². The van der Waals surface area contributed by atoms with Gasteiger partial charge >= 0.3 is 5.97 Å². The largest absolute Gasteiger partial charge is 0.475 e. The van der Waals surface area contributed by atoms with E-state index in [4.69, 9.17) is 14.3 Å². The van der Waals surface area contributed by atoms with Crippen molar-refractivity contribution in [1.82, 2.24) is 4.31 Å². The van der Waals surface area contributed by atoms with Gasteiger partial charge < -0.3 is 14.3 Å². The van der Waals surface area contributed by atoms with Gasteiger partial charge in [0, 0.05) is 26.3 Å². The number of carboxylic acid groups (broad SMARTS) is 1. The molecule has 7 nitrogen and oxygen atoms in total. The highest BCUT2D eigenvalue weighted by atomic mass is 79.9. The fraction of sp³-hybridized carbons (Fsp3) is 0.583. The normalized spacial score (nSPS) is 24.1. The molecule has 0 bridgehead atoms. The van der Waals surface area contributed by atoms with Crippen LogP contribution in [0.15, 0.2) is 20.0 Å². The first kappa shape index (κ1) is 16.5. The van der Waals surface area contributed by atoms with E-state index in [9.17, 15) is 13.2 Å². The summed E-state index contributed by atoms with van der Waals surface area (Å²) in [5.74, 6) is -1.75. The number of nitrogens with zero attached hydrogens (tertiary/aromatic N) is 1. The molecular weight excluding hydrogens is 366 g/mol. The minimum Gasteiger partial charge on any atom is -0.475 e. The molecule has 0 amide bonds. The Kier molecular flexibility index (Phi) is 4.48. The number of ether oxygens (including phenoxy) is 1. The number of hydrogen-bond acceptors (Lipinski definition) is 5. The smallest absolute Gasteiger partial charge is 0.371 e. The molecule has 1 aliphatic heterocycles. The van der Waals surface area contributed by atoms with Crippen LogP contribution in [0.1, 0.15) is 30.3 Å². The van der Waals surface area contributed by atoms with Gasteiger partial charge in [0.15, 0.2) is 4.67 Å². The van der Waals surface area contributed by atoms with E-state index in [2.05, 4.69) is 15.9 Å². The van der Waals surface area contributed by atoms with Gasteiger partial charge in [-0.3, -0.25) is 0 Å². The molecule has 21 heavy (non-hydrogen) atoms. The molecule has 1 fully saturated rings.